The number of aromatic nitrogens is 2. The number of rotatable bonds is 2. The summed E-state index contributed by atoms with van der Waals surface area (Å²) in [4.78, 5) is 0. The molecule has 0 aliphatic rings. The first-order valence-electron chi connectivity index (χ1n) is 5.71. The van der Waals surface area contributed by atoms with E-state index in [4.69, 9.17) is 0 Å². The van der Waals surface area contributed by atoms with Crippen LogP contribution in [0.15, 0.2) is 30.0 Å². The molecule has 0 spiro atoms. The first-order valence-corrected chi connectivity index (χ1v) is 5.71. The van der Waals surface area contributed by atoms with E-state index in [1.807, 2.05) is 16.8 Å². The lowest BCUT2D eigenvalue weighted by Gasteiger charge is -2.01. The zero-order chi connectivity index (χ0) is 11.7. The molecule has 2 rings (SSSR count). The molecule has 0 aliphatic carbocycles. The van der Waals surface area contributed by atoms with E-state index in [9.17, 15) is 0 Å². The molecular weight excluding hydrogens is 196 g/mol. The number of allylic oxidation sites excluding steroid dienone is 1. The Bertz CT molecular complexity index is 529. The van der Waals surface area contributed by atoms with E-state index >= 15 is 0 Å². The third-order valence-electron chi connectivity index (χ3n) is 2.59. The van der Waals surface area contributed by atoms with E-state index in [2.05, 4.69) is 51.0 Å². The van der Waals surface area contributed by atoms with Crippen molar-refractivity contribution in [2.24, 2.45) is 0 Å². The highest BCUT2D eigenvalue weighted by molar-refractivity contribution is 5.72. The van der Waals surface area contributed by atoms with Crippen molar-refractivity contribution < 1.29 is 0 Å². The maximum Gasteiger partial charge on any atom is 0.0737 e. The molecule has 2 nitrogen and oxygen atoms in total. The summed E-state index contributed by atoms with van der Waals surface area (Å²) in [6.07, 6.45) is 4.22. The fourth-order valence-corrected chi connectivity index (χ4v) is 1.90. The van der Waals surface area contributed by atoms with E-state index in [0.29, 0.717) is 5.92 Å². The molecule has 0 saturated carbocycles. The number of hydrogen-bond donors (Lipinski definition) is 0. The Balaban J connectivity index is 2.74. The van der Waals surface area contributed by atoms with Gasteiger partial charge in [-0.3, -0.25) is 0 Å². The van der Waals surface area contributed by atoms with Crippen molar-refractivity contribution in [2.75, 3.05) is 0 Å². The summed E-state index contributed by atoms with van der Waals surface area (Å²) in [6.45, 7) is 8.61. The minimum Gasteiger partial charge on any atom is -0.240 e. The van der Waals surface area contributed by atoms with Crippen LogP contribution in [0.2, 0.25) is 0 Å². The fraction of sp³-hybridized carbons (Fsp3) is 0.357. The molecule has 0 aromatic carbocycles. The van der Waals surface area contributed by atoms with Gasteiger partial charge < -0.3 is 0 Å². The Labute approximate surface area is 96.6 Å². The minimum absolute atomic E-state index is 0.450. The second kappa shape index (κ2) is 4.12. The normalized spacial score (nSPS) is 11.1. The van der Waals surface area contributed by atoms with Crippen LogP contribution in [0.3, 0.4) is 0 Å². The molecular formula is C14H18N2. The van der Waals surface area contributed by atoms with Crippen LogP contribution in [0.5, 0.6) is 0 Å². The molecule has 0 amide bonds. The largest absolute Gasteiger partial charge is 0.240 e. The highest BCUT2D eigenvalue weighted by atomic mass is 15.2. The third-order valence-corrected chi connectivity index (χ3v) is 2.59. The zero-order valence-electron chi connectivity index (χ0n) is 10.4. The van der Waals surface area contributed by atoms with Crippen LogP contribution >= 0.6 is 0 Å². The topological polar surface area (TPSA) is 17.3 Å². The van der Waals surface area contributed by atoms with E-state index in [0.717, 1.165) is 0 Å². The third kappa shape index (κ3) is 1.87. The SMILES string of the molecule is CC(C)=Cc1c(C(C)C)nn2ccccc12. The Kier molecular flexibility index (Phi) is 2.82. The highest BCUT2D eigenvalue weighted by Crippen LogP contribution is 2.24. The van der Waals surface area contributed by atoms with Gasteiger partial charge in [0.2, 0.25) is 0 Å². The summed E-state index contributed by atoms with van der Waals surface area (Å²) in [6, 6.07) is 6.19. The molecule has 0 N–H and O–H groups in total. The van der Waals surface area contributed by atoms with Gasteiger partial charge in [-0.15, -0.1) is 0 Å². The van der Waals surface area contributed by atoms with Crippen molar-refractivity contribution in [1.82, 2.24) is 9.61 Å². The summed E-state index contributed by atoms with van der Waals surface area (Å²) >= 11 is 0. The molecule has 0 fully saturated rings. The molecule has 0 bridgehead atoms. The molecule has 84 valence electrons. The van der Waals surface area contributed by atoms with Crippen molar-refractivity contribution in [3.05, 3.63) is 41.2 Å². The summed E-state index contributed by atoms with van der Waals surface area (Å²) in [5.74, 6) is 0.450. The molecule has 0 atom stereocenters. The van der Waals surface area contributed by atoms with Crippen LogP contribution in [-0.4, -0.2) is 9.61 Å². The molecule has 2 aromatic rings. The molecule has 0 unspecified atom stereocenters. The smallest absolute Gasteiger partial charge is 0.0737 e. The van der Waals surface area contributed by atoms with E-state index in [1.54, 1.807) is 0 Å². The maximum atomic E-state index is 4.64. The van der Waals surface area contributed by atoms with Crippen LogP contribution in [0.4, 0.5) is 0 Å². The van der Waals surface area contributed by atoms with E-state index in [-0.39, 0.29) is 0 Å². The molecule has 2 aromatic heterocycles. The van der Waals surface area contributed by atoms with Crippen molar-refractivity contribution >= 4 is 11.6 Å². The lowest BCUT2D eigenvalue weighted by Crippen LogP contribution is -1.91. The molecule has 0 saturated heterocycles. The quantitative estimate of drug-likeness (QED) is 0.741. The first kappa shape index (κ1) is 10.9. The standard InChI is InChI=1S/C14H18N2/c1-10(2)9-12-13-7-5-6-8-16(13)15-14(12)11(3)4/h5-9,11H,1-4H3. The second-order valence-corrected chi connectivity index (χ2v) is 4.71. The predicted molar refractivity (Wildman–Crippen MR) is 68.6 cm³/mol. The maximum absolute atomic E-state index is 4.64. The van der Waals surface area contributed by atoms with Gasteiger partial charge in [0.1, 0.15) is 0 Å². The summed E-state index contributed by atoms with van der Waals surface area (Å²) in [7, 11) is 0. The van der Waals surface area contributed by atoms with Gasteiger partial charge in [-0.2, -0.15) is 5.10 Å². The predicted octanol–water partition coefficient (Wildman–Crippen LogP) is 3.88. The van der Waals surface area contributed by atoms with E-state index < -0.39 is 0 Å². The Morgan fingerprint density at radius 2 is 2.06 bits per heavy atom. The van der Waals surface area contributed by atoms with Gasteiger partial charge in [0.05, 0.1) is 11.2 Å². The van der Waals surface area contributed by atoms with Crippen molar-refractivity contribution in [3.8, 4) is 0 Å². The summed E-state index contributed by atoms with van der Waals surface area (Å²) in [5.41, 5.74) is 4.93. The van der Waals surface area contributed by atoms with Crippen LogP contribution in [0.25, 0.3) is 11.6 Å². The number of pyridine rings is 1. The molecule has 16 heavy (non-hydrogen) atoms. The minimum atomic E-state index is 0.450. The van der Waals surface area contributed by atoms with Crippen LogP contribution < -0.4 is 0 Å². The average molecular weight is 214 g/mol. The first-order chi connectivity index (χ1) is 7.59. The van der Waals surface area contributed by atoms with Gasteiger partial charge in [0.15, 0.2) is 0 Å². The van der Waals surface area contributed by atoms with Crippen molar-refractivity contribution in [2.45, 2.75) is 33.6 Å². The lowest BCUT2D eigenvalue weighted by molar-refractivity contribution is 0.787. The number of fused-ring (bicyclic) bond motifs is 1. The second-order valence-electron chi connectivity index (χ2n) is 4.71. The molecule has 2 heteroatoms. The van der Waals surface area contributed by atoms with Gasteiger partial charge in [-0.25, -0.2) is 4.52 Å². The number of nitrogens with zero attached hydrogens (tertiary/aromatic N) is 2. The zero-order valence-corrected chi connectivity index (χ0v) is 10.4. The van der Waals surface area contributed by atoms with Crippen LogP contribution in [-0.2, 0) is 0 Å². The van der Waals surface area contributed by atoms with Crippen LogP contribution in [0.1, 0.15) is 44.9 Å². The van der Waals surface area contributed by atoms with Gasteiger partial charge >= 0.3 is 0 Å². The Morgan fingerprint density at radius 1 is 1.31 bits per heavy atom. The van der Waals surface area contributed by atoms with Crippen molar-refractivity contribution in [1.29, 1.82) is 0 Å². The Hall–Kier alpha value is -1.57. The van der Waals surface area contributed by atoms with Crippen molar-refractivity contribution in [3.63, 3.8) is 0 Å². The summed E-state index contributed by atoms with van der Waals surface area (Å²) in [5, 5.41) is 4.64. The number of hydrogen-bond acceptors (Lipinski definition) is 1. The lowest BCUT2D eigenvalue weighted by atomic mass is 10.0. The monoisotopic (exact) mass is 214 g/mol. The Morgan fingerprint density at radius 3 is 2.69 bits per heavy atom. The van der Waals surface area contributed by atoms with Crippen LogP contribution in [0, 0.1) is 0 Å². The summed E-state index contributed by atoms with van der Waals surface area (Å²) < 4.78 is 1.96. The average Bonchev–Trinajstić information content (AvgIpc) is 2.57. The fourth-order valence-electron chi connectivity index (χ4n) is 1.90. The van der Waals surface area contributed by atoms with Gasteiger partial charge in [-0.05, 0) is 31.9 Å². The molecule has 2 heterocycles. The van der Waals surface area contributed by atoms with Gasteiger partial charge in [0, 0.05) is 11.8 Å². The van der Waals surface area contributed by atoms with E-state index in [1.165, 1.54) is 22.3 Å². The van der Waals surface area contributed by atoms with Gasteiger partial charge in [0.25, 0.3) is 0 Å². The van der Waals surface area contributed by atoms with Gasteiger partial charge in [-0.1, -0.05) is 31.6 Å². The molecule has 0 aliphatic heterocycles. The highest BCUT2D eigenvalue weighted by Gasteiger charge is 2.12. The molecule has 0 radical (unpaired) electrons.